The molecule has 0 radical (unpaired) electrons. The van der Waals surface area contributed by atoms with Crippen LogP contribution in [0.25, 0.3) is 33.4 Å². The Kier molecular flexibility index (Phi) is 11.9. The average molecular weight is 789 g/mol. The molecular weight excluding hydrogens is 752 g/mol. The molecule has 11 N–H and O–H groups in total. The maximum absolute atomic E-state index is 12.6. The van der Waals surface area contributed by atoms with Crippen LogP contribution in [0.2, 0.25) is 0 Å². The number of ether oxygens (including phenoxy) is 4. The lowest BCUT2D eigenvalue weighted by molar-refractivity contribution is -0.376. The number of hydrogen-bond acceptors (Lipinski definition) is 17. The van der Waals surface area contributed by atoms with E-state index < -0.39 is 93.1 Å². The van der Waals surface area contributed by atoms with E-state index in [-0.39, 0.29) is 44.4 Å². The monoisotopic (exact) mass is 788 g/mol. The van der Waals surface area contributed by atoms with Crippen molar-refractivity contribution in [1.82, 2.24) is 5.32 Å². The van der Waals surface area contributed by atoms with Gasteiger partial charge in [-0.1, -0.05) is 6.07 Å². The number of aromatic hydroxyl groups is 1. The number of carboxylic acids is 1. The van der Waals surface area contributed by atoms with E-state index in [0.29, 0.717) is 16.5 Å². The molecule has 20 heteroatoms. The van der Waals surface area contributed by atoms with Crippen molar-refractivity contribution in [3.05, 3.63) is 70.4 Å². The van der Waals surface area contributed by atoms with Gasteiger partial charge < -0.3 is 80.0 Å². The molecule has 0 spiro atoms. The van der Waals surface area contributed by atoms with Crippen LogP contribution in [-0.2, 0) is 23.7 Å². The normalized spacial score (nSPS) is 28.1. The number of aliphatic hydroxyl groups is 7. The molecule has 3 aliphatic heterocycles. The van der Waals surface area contributed by atoms with E-state index in [0.717, 1.165) is 0 Å². The van der Waals surface area contributed by atoms with Gasteiger partial charge in [0.25, 0.3) is 0 Å². The molecule has 0 aromatic heterocycles. The number of carboxylic acid groups (broad SMARTS) is 1. The number of thiocarbonyl (C=S) groups is 1. The number of esters is 1. The van der Waals surface area contributed by atoms with E-state index in [1.165, 1.54) is 48.5 Å². The summed E-state index contributed by atoms with van der Waals surface area (Å²) in [5.74, 6) is -2.15. The summed E-state index contributed by atoms with van der Waals surface area (Å²) in [5, 5.41) is 96.8. The minimum absolute atomic E-state index is 0.102. The Morgan fingerprint density at radius 2 is 1.45 bits per heavy atom. The average Bonchev–Trinajstić information content (AvgIpc) is 3.15. The van der Waals surface area contributed by atoms with E-state index in [2.05, 4.69) is 10.6 Å². The van der Waals surface area contributed by atoms with Crippen molar-refractivity contribution in [3.63, 3.8) is 0 Å². The molecule has 0 amide bonds. The van der Waals surface area contributed by atoms with Gasteiger partial charge in [0.15, 0.2) is 23.1 Å². The number of benzene rings is 3. The van der Waals surface area contributed by atoms with Crippen molar-refractivity contribution >= 4 is 45.9 Å². The Morgan fingerprint density at radius 1 is 0.800 bits per heavy atom. The molecule has 2 aromatic rings. The van der Waals surface area contributed by atoms with Crippen LogP contribution in [0.15, 0.2) is 63.8 Å². The predicted molar refractivity (Wildman–Crippen MR) is 190 cm³/mol. The van der Waals surface area contributed by atoms with E-state index >= 15 is 0 Å². The van der Waals surface area contributed by atoms with E-state index in [4.69, 9.17) is 35.6 Å². The number of nitrogens with one attached hydrogen (secondary N) is 2. The van der Waals surface area contributed by atoms with Crippen molar-refractivity contribution in [3.8, 4) is 28.2 Å². The topological polar surface area (TPSA) is 307 Å². The number of hydrogen-bond donors (Lipinski definition) is 11. The van der Waals surface area contributed by atoms with Gasteiger partial charge in [0, 0.05) is 34.3 Å². The highest BCUT2D eigenvalue weighted by atomic mass is 32.1. The number of carbonyl (C=O) groups excluding carboxylic acids is 1. The molecule has 19 nitrogen and oxygen atoms in total. The fourth-order valence-corrected chi connectivity index (χ4v) is 6.39. The fourth-order valence-electron chi connectivity index (χ4n) is 6.20. The molecule has 6 unspecified atom stereocenters. The Morgan fingerprint density at radius 3 is 2.13 bits per heavy atom. The molecule has 2 aromatic carbocycles. The molecule has 4 aliphatic rings. The molecule has 0 saturated carbocycles. The van der Waals surface area contributed by atoms with Gasteiger partial charge in [0.05, 0.1) is 12.2 Å². The minimum atomic E-state index is -1.90. The van der Waals surface area contributed by atoms with E-state index in [1.54, 1.807) is 6.07 Å². The molecule has 10 atom stereocenters. The van der Waals surface area contributed by atoms with Crippen LogP contribution >= 0.6 is 12.2 Å². The van der Waals surface area contributed by atoms with Crippen molar-refractivity contribution in [2.24, 2.45) is 0 Å². The SMILES string of the molecule is O=C(CNC(=S)Nc1ccc(-c2c3ccc(=O)cc-3oc3cc(O)ccc23)c(C(=O)O)c1)OCC1O[C@H](O[C@H]2OC(CO)[C@@H](O)C(O)C2O)C(O)C(O)[C@@H]1O. The summed E-state index contributed by atoms with van der Waals surface area (Å²) in [7, 11) is 0. The summed E-state index contributed by atoms with van der Waals surface area (Å²) >= 11 is 5.27. The first-order valence-electron chi connectivity index (χ1n) is 16.6. The first-order chi connectivity index (χ1) is 26.2. The van der Waals surface area contributed by atoms with Crippen molar-refractivity contribution < 1.29 is 78.9 Å². The van der Waals surface area contributed by atoms with Gasteiger partial charge in [-0.25, -0.2) is 4.79 Å². The first kappa shape index (κ1) is 39.8. The molecule has 2 saturated heterocycles. The number of aromatic carboxylic acids is 1. The number of rotatable bonds is 10. The van der Waals surface area contributed by atoms with E-state index in [1.807, 2.05) is 0 Å². The van der Waals surface area contributed by atoms with Crippen molar-refractivity contribution in [2.75, 3.05) is 25.1 Å². The zero-order valence-electron chi connectivity index (χ0n) is 28.3. The highest BCUT2D eigenvalue weighted by Crippen LogP contribution is 2.42. The Bertz CT molecular complexity index is 2090. The van der Waals surface area contributed by atoms with Gasteiger partial charge in [-0.05, 0) is 54.2 Å². The summed E-state index contributed by atoms with van der Waals surface area (Å²) in [4.78, 5) is 37.2. The Labute approximate surface area is 314 Å². The van der Waals surface area contributed by atoms with Crippen LogP contribution in [0.5, 0.6) is 5.75 Å². The van der Waals surface area contributed by atoms with Crippen molar-refractivity contribution in [2.45, 2.75) is 61.4 Å². The van der Waals surface area contributed by atoms with Gasteiger partial charge in [-0.3, -0.25) is 9.59 Å². The summed E-state index contributed by atoms with van der Waals surface area (Å²) in [6, 6.07) is 12.8. The lowest BCUT2D eigenvalue weighted by atomic mass is 9.90. The zero-order valence-corrected chi connectivity index (χ0v) is 29.1. The Balaban J connectivity index is 1.08. The van der Waals surface area contributed by atoms with Crippen molar-refractivity contribution in [1.29, 1.82) is 0 Å². The van der Waals surface area contributed by atoms with E-state index in [9.17, 15) is 60.3 Å². The molecule has 294 valence electrons. The number of anilines is 1. The van der Waals surface area contributed by atoms with Gasteiger partial charge in [0.1, 0.15) is 79.1 Å². The third-order valence-corrected chi connectivity index (χ3v) is 9.29. The second kappa shape index (κ2) is 16.5. The highest BCUT2D eigenvalue weighted by molar-refractivity contribution is 7.80. The zero-order chi connectivity index (χ0) is 39.7. The number of carbonyl (C=O) groups is 2. The van der Waals surface area contributed by atoms with Crippen LogP contribution in [0.3, 0.4) is 0 Å². The largest absolute Gasteiger partial charge is 0.508 e. The number of aliphatic hydroxyl groups excluding tert-OH is 7. The van der Waals surface area contributed by atoms with Gasteiger partial charge in [-0.2, -0.15) is 0 Å². The molecule has 1 aliphatic carbocycles. The summed E-state index contributed by atoms with van der Waals surface area (Å²) in [6.07, 6.45) is -17.3. The maximum atomic E-state index is 12.6. The molecule has 0 bridgehead atoms. The van der Waals surface area contributed by atoms with Crippen LogP contribution < -0.4 is 16.1 Å². The highest BCUT2D eigenvalue weighted by Gasteiger charge is 2.50. The van der Waals surface area contributed by atoms with Gasteiger partial charge in [-0.15, -0.1) is 0 Å². The molecule has 6 rings (SSSR count). The van der Waals surface area contributed by atoms with Crippen LogP contribution in [0.1, 0.15) is 10.4 Å². The summed E-state index contributed by atoms with van der Waals surface area (Å²) < 4.78 is 27.0. The van der Waals surface area contributed by atoms with Gasteiger partial charge in [0.2, 0.25) is 0 Å². The van der Waals surface area contributed by atoms with Crippen LogP contribution in [0, 0.1) is 0 Å². The number of phenolic OH excluding ortho intramolecular Hbond substituents is 1. The second-order valence-corrected chi connectivity index (χ2v) is 13.1. The predicted octanol–water partition coefficient (Wildman–Crippen LogP) is -1.58. The first-order valence-corrected chi connectivity index (χ1v) is 17.0. The molecular formula is C35H36N2O17S. The summed E-state index contributed by atoms with van der Waals surface area (Å²) in [5.41, 5.74) is 1.08. The Hall–Kier alpha value is -4.84. The number of phenols is 1. The maximum Gasteiger partial charge on any atom is 0.336 e. The molecule has 3 heterocycles. The van der Waals surface area contributed by atoms with Crippen LogP contribution in [-0.4, -0.2) is 144 Å². The molecule has 55 heavy (non-hydrogen) atoms. The lowest BCUT2D eigenvalue weighted by Gasteiger charge is -2.44. The number of fused-ring (bicyclic) bond motifs is 2. The summed E-state index contributed by atoms with van der Waals surface area (Å²) in [6.45, 7) is -1.97. The molecule has 2 fully saturated rings. The van der Waals surface area contributed by atoms with Crippen LogP contribution in [0.4, 0.5) is 5.69 Å². The third-order valence-electron chi connectivity index (χ3n) is 9.04. The smallest absolute Gasteiger partial charge is 0.336 e. The lowest BCUT2D eigenvalue weighted by Crippen LogP contribution is -2.63. The third kappa shape index (κ3) is 8.39. The second-order valence-electron chi connectivity index (χ2n) is 12.7. The minimum Gasteiger partial charge on any atom is -0.508 e. The fraction of sp³-hybridized carbons (Fsp3) is 0.371. The quantitative estimate of drug-likeness (QED) is 0.0491. The standard InChI is InChI=1S/C35H36N2O17S/c38-11-22-26(42)28(44)30(46)33(52-22)54-34-31(47)29(45)27(43)23(53-34)12-50-24(41)10-36-35(55)37-13-1-4-16(19(7-13)32(48)49)25-17-5-2-14(39)8-20(17)51-21-9-15(40)3-6-18(21)25/h1-9,22-23,26-31,33-34,38-39,42-47H,10-12H2,(H,48,49)(H2,36,37,55)/t22?,23?,26-,27-,28?,29?,30?,31?,33-,34-/m1/s1. The van der Waals surface area contributed by atoms with Gasteiger partial charge >= 0.3 is 11.9 Å².